The lowest BCUT2D eigenvalue weighted by atomic mass is 9.65. The highest BCUT2D eigenvalue weighted by Crippen LogP contribution is 2.67. The molecule has 0 heterocycles. The van der Waals surface area contributed by atoms with Gasteiger partial charge in [-0.3, -0.25) is 0 Å². The van der Waals surface area contributed by atoms with Crippen LogP contribution in [-0.4, -0.2) is 0 Å². The van der Waals surface area contributed by atoms with Crippen LogP contribution in [0, 0.1) is 5.92 Å². The molecule has 0 nitrogen and oxygen atoms in total. The SMILES string of the molecule is Brc1ccc2c(c1)C1(c3ccccc3-c3c1cc1c4c3C=CCC4C3=C1C=CCC3)C1C=CC=CC21. The first-order valence-electron chi connectivity index (χ1n) is 13.3. The van der Waals surface area contributed by atoms with Crippen molar-refractivity contribution in [3.63, 3.8) is 0 Å². The third-order valence-electron chi connectivity index (χ3n) is 9.81. The molecule has 0 radical (unpaired) electrons. The Bertz CT molecular complexity index is 1690. The minimum absolute atomic E-state index is 0.176. The van der Waals surface area contributed by atoms with Crippen LogP contribution >= 0.6 is 15.9 Å². The van der Waals surface area contributed by atoms with Crippen molar-refractivity contribution in [1.29, 1.82) is 0 Å². The second-order valence-electron chi connectivity index (χ2n) is 11.2. The Kier molecular flexibility index (Phi) is 3.76. The largest absolute Gasteiger partial charge is 0.0836 e. The first kappa shape index (κ1) is 20.0. The topological polar surface area (TPSA) is 0 Å². The van der Waals surface area contributed by atoms with E-state index in [1.54, 1.807) is 11.1 Å². The van der Waals surface area contributed by atoms with Crippen molar-refractivity contribution < 1.29 is 0 Å². The van der Waals surface area contributed by atoms with E-state index in [4.69, 9.17) is 0 Å². The second-order valence-corrected chi connectivity index (χ2v) is 12.1. The van der Waals surface area contributed by atoms with E-state index in [0.717, 1.165) is 6.42 Å². The van der Waals surface area contributed by atoms with Crippen LogP contribution in [0.3, 0.4) is 0 Å². The molecule has 1 heteroatoms. The van der Waals surface area contributed by atoms with Gasteiger partial charge < -0.3 is 0 Å². The Balaban J connectivity index is 1.46. The zero-order valence-corrected chi connectivity index (χ0v) is 21.6. The molecule has 0 saturated heterocycles. The monoisotopic (exact) mass is 524 g/mol. The maximum atomic E-state index is 3.85. The first-order valence-corrected chi connectivity index (χ1v) is 14.1. The van der Waals surface area contributed by atoms with E-state index in [-0.39, 0.29) is 5.41 Å². The fraction of sp³-hybridized carbons (Fsp3) is 0.200. The van der Waals surface area contributed by atoms with E-state index in [1.807, 2.05) is 0 Å². The van der Waals surface area contributed by atoms with Crippen LogP contribution < -0.4 is 0 Å². The summed E-state index contributed by atoms with van der Waals surface area (Å²) in [6, 6.07) is 19.0. The normalized spacial score (nSPS) is 28.8. The molecule has 4 unspecified atom stereocenters. The zero-order valence-electron chi connectivity index (χ0n) is 20.0. The van der Waals surface area contributed by atoms with Gasteiger partial charge in [0.2, 0.25) is 0 Å². The highest BCUT2D eigenvalue weighted by molar-refractivity contribution is 9.10. The molecule has 0 N–H and O–H groups in total. The van der Waals surface area contributed by atoms with Crippen LogP contribution in [-0.2, 0) is 5.41 Å². The first-order chi connectivity index (χ1) is 17.8. The highest BCUT2D eigenvalue weighted by Gasteiger charge is 2.58. The van der Waals surface area contributed by atoms with E-state index in [9.17, 15) is 0 Å². The van der Waals surface area contributed by atoms with Gasteiger partial charge in [-0.2, -0.15) is 0 Å². The molecule has 1 spiro atoms. The average Bonchev–Trinajstić information content (AvgIpc) is 3.52. The summed E-state index contributed by atoms with van der Waals surface area (Å²) < 4.78 is 1.17. The van der Waals surface area contributed by atoms with Gasteiger partial charge in [0.25, 0.3) is 0 Å². The van der Waals surface area contributed by atoms with Gasteiger partial charge in [0.1, 0.15) is 0 Å². The minimum Gasteiger partial charge on any atom is -0.0836 e. The number of benzene rings is 3. The van der Waals surface area contributed by atoms with E-state index in [0.29, 0.717) is 17.8 Å². The molecule has 0 fully saturated rings. The van der Waals surface area contributed by atoms with Crippen molar-refractivity contribution in [2.45, 2.75) is 36.5 Å². The van der Waals surface area contributed by atoms with Crippen molar-refractivity contribution in [3.05, 3.63) is 140 Å². The molecule has 172 valence electrons. The Morgan fingerprint density at radius 2 is 1.75 bits per heavy atom. The molecule has 6 aliphatic carbocycles. The van der Waals surface area contributed by atoms with E-state index in [1.165, 1.54) is 67.4 Å². The summed E-state index contributed by atoms with van der Waals surface area (Å²) in [7, 11) is 0. The van der Waals surface area contributed by atoms with Gasteiger partial charge in [-0.15, -0.1) is 0 Å². The fourth-order valence-electron chi connectivity index (χ4n) is 8.65. The predicted octanol–water partition coefficient (Wildman–Crippen LogP) is 9.22. The van der Waals surface area contributed by atoms with Gasteiger partial charge in [0.15, 0.2) is 0 Å². The molecule has 36 heavy (non-hydrogen) atoms. The van der Waals surface area contributed by atoms with Crippen molar-refractivity contribution in [2.24, 2.45) is 5.92 Å². The van der Waals surface area contributed by atoms with Crippen LogP contribution in [0.4, 0.5) is 0 Å². The highest BCUT2D eigenvalue weighted by atomic mass is 79.9. The lowest BCUT2D eigenvalue weighted by Gasteiger charge is -2.36. The third-order valence-corrected chi connectivity index (χ3v) is 10.3. The van der Waals surface area contributed by atoms with Crippen LogP contribution in [0.2, 0.25) is 0 Å². The van der Waals surface area contributed by atoms with Crippen molar-refractivity contribution >= 4 is 27.6 Å². The van der Waals surface area contributed by atoms with Gasteiger partial charge >= 0.3 is 0 Å². The van der Waals surface area contributed by atoms with Crippen molar-refractivity contribution in [2.75, 3.05) is 0 Å². The summed E-state index contributed by atoms with van der Waals surface area (Å²) in [6.45, 7) is 0. The van der Waals surface area contributed by atoms with Crippen LogP contribution in [0.15, 0.2) is 101 Å². The maximum absolute atomic E-state index is 3.85. The van der Waals surface area contributed by atoms with Gasteiger partial charge in [-0.1, -0.05) is 100 Å². The smallest absolute Gasteiger partial charge is 0.0538 e. The summed E-state index contributed by atoms with van der Waals surface area (Å²) >= 11 is 3.85. The quantitative estimate of drug-likeness (QED) is 0.275. The standard InChI is InChI=1S/C35H25Br/c36-20-16-17-24-23-10-3-5-14-29(23)35(31(24)18-20)30-15-6-4-11-26(30)34-27-13-7-12-25-21-8-1-2-9-22(21)28(33(25)27)19-32(34)35/h2-7,9-11,13-19,23,25,29H,1,8,12H2. The molecule has 4 atom stereocenters. The summed E-state index contributed by atoms with van der Waals surface area (Å²) in [5, 5.41) is 0. The number of fused-ring (bicyclic) bond motifs is 13. The molecule has 6 aliphatic rings. The molecular formula is C35H25Br. The van der Waals surface area contributed by atoms with Crippen LogP contribution in [0.5, 0.6) is 0 Å². The van der Waals surface area contributed by atoms with Crippen molar-refractivity contribution in [1.82, 2.24) is 0 Å². The summed E-state index contributed by atoms with van der Waals surface area (Å²) in [6.07, 6.45) is 22.7. The average molecular weight is 525 g/mol. The molecule has 0 bridgehead atoms. The van der Waals surface area contributed by atoms with E-state index < -0.39 is 0 Å². The zero-order chi connectivity index (χ0) is 23.6. The molecule has 0 amide bonds. The van der Waals surface area contributed by atoms with Crippen LogP contribution in [0.1, 0.15) is 70.0 Å². The third kappa shape index (κ3) is 2.16. The predicted molar refractivity (Wildman–Crippen MR) is 152 cm³/mol. The fourth-order valence-corrected chi connectivity index (χ4v) is 9.01. The molecule has 0 aliphatic heterocycles. The molecular weight excluding hydrogens is 500 g/mol. The summed E-state index contributed by atoms with van der Waals surface area (Å²) in [4.78, 5) is 0. The van der Waals surface area contributed by atoms with Crippen LogP contribution in [0.25, 0.3) is 22.8 Å². The Morgan fingerprint density at radius 1 is 0.833 bits per heavy atom. The van der Waals surface area contributed by atoms with Gasteiger partial charge in [0, 0.05) is 22.2 Å². The molecule has 9 rings (SSSR count). The molecule has 3 aromatic rings. The van der Waals surface area contributed by atoms with Gasteiger partial charge in [-0.25, -0.2) is 0 Å². The molecule has 0 aromatic heterocycles. The number of halogens is 1. The van der Waals surface area contributed by atoms with E-state index >= 15 is 0 Å². The number of allylic oxidation sites excluding steroid dienone is 9. The lowest BCUT2D eigenvalue weighted by molar-refractivity contribution is 0.465. The molecule has 3 aromatic carbocycles. The number of hydrogen-bond donors (Lipinski definition) is 0. The Hall–Kier alpha value is -3.16. The minimum atomic E-state index is -0.176. The van der Waals surface area contributed by atoms with Crippen molar-refractivity contribution in [3.8, 4) is 11.1 Å². The number of hydrogen-bond acceptors (Lipinski definition) is 0. The lowest BCUT2D eigenvalue weighted by Crippen LogP contribution is -2.33. The van der Waals surface area contributed by atoms with Gasteiger partial charge in [-0.05, 0) is 93.1 Å². The summed E-state index contributed by atoms with van der Waals surface area (Å²) in [5.41, 5.74) is 16.5. The Morgan fingerprint density at radius 3 is 2.72 bits per heavy atom. The van der Waals surface area contributed by atoms with E-state index in [2.05, 4.69) is 113 Å². The number of rotatable bonds is 0. The van der Waals surface area contributed by atoms with Gasteiger partial charge in [0.05, 0.1) is 5.41 Å². The Labute approximate surface area is 220 Å². The summed E-state index contributed by atoms with van der Waals surface area (Å²) in [5.74, 6) is 1.33. The molecule has 0 saturated carbocycles. The second kappa shape index (κ2) is 6.78. The maximum Gasteiger partial charge on any atom is 0.0538 e.